The summed E-state index contributed by atoms with van der Waals surface area (Å²) < 4.78 is 5.81. The molecule has 0 bridgehead atoms. The van der Waals surface area contributed by atoms with Gasteiger partial charge in [0.05, 0.1) is 6.61 Å². The molecule has 1 aliphatic rings. The summed E-state index contributed by atoms with van der Waals surface area (Å²) in [5, 5.41) is 3.23. The molecule has 0 fully saturated rings. The number of benzene rings is 1. The number of fused-ring (bicyclic) bond motifs is 1. The van der Waals surface area contributed by atoms with E-state index >= 15 is 0 Å². The van der Waals surface area contributed by atoms with Gasteiger partial charge in [0.1, 0.15) is 5.75 Å². The molecule has 1 aliphatic heterocycles. The van der Waals surface area contributed by atoms with E-state index in [-0.39, 0.29) is 0 Å². The van der Waals surface area contributed by atoms with Crippen molar-refractivity contribution in [2.24, 2.45) is 0 Å². The van der Waals surface area contributed by atoms with E-state index < -0.39 is 0 Å². The quantitative estimate of drug-likeness (QED) is 0.883. The van der Waals surface area contributed by atoms with E-state index in [0.29, 0.717) is 6.04 Å². The highest BCUT2D eigenvalue weighted by Gasteiger charge is 2.24. The van der Waals surface area contributed by atoms with Crippen molar-refractivity contribution in [2.75, 3.05) is 26.7 Å². The summed E-state index contributed by atoms with van der Waals surface area (Å²) in [5.74, 6) is 1.04. The SMILES string of the molecule is CCOc1cc2c(cc1CNC)CCN(CC)C2C. The lowest BCUT2D eigenvalue weighted by molar-refractivity contribution is 0.208. The summed E-state index contributed by atoms with van der Waals surface area (Å²) in [6.45, 7) is 10.5. The number of nitrogens with zero attached hydrogens (tertiary/aromatic N) is 1. The molecule has 19 heavy (non-hydrogen) atoms. The molecule has 1 heterocycles. The molecule has 3 heteroatoms. The Morgan fingerprint density at radius 1 is 1.37 bits per heavy atom. The summed E-state index contributed by atoms with van der Waals surface area (Å²) in [6, 6.07) is 5.09. The van der Waals surface area contributed by atoms with Crippen molar-refractivity contribution in [3.05, 3.63) is 28.8 Å². The predicted octanol–water partition coefficient (Wildman–Crippen LogP) is 2.74. The fourth-order valence-corrected chi connectivity index (χ4v) is 3.00. The third kappa shape index (κ3) is 2.93. The molecule has 1 N–H and O–H groups in total. The molecule has 0 saturated carbocycles. The molecule has 1 atom stereocenters. The average molecular weight is 262 g/mol. The van der Waals surface area contributed by atoms with Crippen LogP contribution in [0.25, 0.3) is 0 Å². The first-order chi connectivity index (χ1) is 9.21. The van der Waals surface area contributed by atoms with Crippen molar-refractivity contribution in [3.63, 3.8) is 0 Å². The van der Waals surface area contributed by atoms with Gasteiger partial charge in [0.15, 0.2) is 0 Å². The summed E-state index contributed by atoms with van der Waals surface area (Å²) in [6.07, 6.45) is 1.15. The molecule has 0 radical (unpaired) electrons. The zero-order valence-corrected chi connectivity index (χ0v) is 12.6. The van der Waals surface area contributed by atoms with Crippen LogP contribution < -0.4 is 10.1 Å². The van der Waals surface area contributed by atoms with Gasteiger partial charge < -0.3 is 10.1 Å². The lowest BCUT2D eigenvalue weighted by atomic mass is 9.91. The minimum Gasteiger partial charge on any atom is -0.494 e. The largest absolute Gasteiger partial charge is 0.494 e. The average Bonchev–Trinajstić information content (AvgIpc) is 2.41. The summed E-state index contributed by atoms with van der Waals surface area (Å²) in [4.78, 5) is 2.52. The molecular formula is C16H26N2O. The molecule has 0 aromatic heterocycles. The lowest BCUT2D eigenvalue weighted by Gasteiger charge is -2.35. The molecule has 106 valence electrons. The Kier molecular flexibility index (Phi) is 4.83. The Balaban J connectivity index is 2.38. The maximum Gasteiger partial charge on any atom is 0.124 e. The number of hydrogen-bond donors (Lipinski definition) is 1. The Morgan fingerprint density at radius 2 is 2.16 bits per heavy atom. The molecule has 1 unspecified atom stereocenters. The van der Waals surface area contributed by atoms with E-state index in [1.807, 2.05) is 14.0 Å². The van der Waals surface area contributed by atoms with Crippen molar-refractivity contribution in [1.82, 2.24) is 10.2 Å². The summed E-state index contributed by atoms with van der Waals surface area (Å²) in [5.41, 5.74) is 4.21. The van der Waals surface area contributed by atoms with Crippen LogP contribution in [0.3, 0.4) is 0 Å². The van der Waals surface area contributed by atoms with Gasteiger partial charge in [-0.1, -0.05) is 13.0 Å². The smallest absolute Gasteiger partial charge is 0.124 e. The number of likely N-dealkylation sites (N-methyl/N-ethyl adjacent to an activating group) is 1. The van der Waals surface area contributed by atoms with Crippen LogP contribution in [0.15, 0.2) is 12.1 Å². The van der Waals surface area contributed by atoms with Gasteiger partial charge in [-0.05, 0) is 51.1 Å². The highest BCUT2D eigenvalue weighted by molar-refractivity contribution is 5.45. The van der Waals surface area contributed by atoms with Crippen LogP contribution in [0.2, 0.25) is 0 Å². The fraction of sp³-hybridized carbons (Fsp3) is 0.625. The maximum absolute atomic E-state index is 5.81. The van der Waals surface area contributed by atoms with Gasteiger partial charge in [0.25, 0.3) is 0 Å². The number of rotatable bonds is 5. The first kappa shape index (κ1) is 14.4. The van der Waals surface area contributed by atoms with Gasteiger partial charge in [-0.15, -0.1) is 0 Å². The maximum atomic E-state index is 5.81. The zero-order valence-electron chi connectivity index (χ0n) is 12.6. The second-order valence-electron chi connectivity index (χ2n) is 5.18. The molecule has 0 aliphatic carbocycles. The Labute approximate surface area is 116 Å². The molecule has 0 amide bonds. The van der Waals surface area contributed by atoms with Gasteiger partial charge in [-0.3, -0.25) is 4.90 Å². The van der Waals surface area contributed by atoms with E-state index in [9.17, 15) is 0 Å². The van der Waals surface area contributed by atoms with Crippen molar-refractivity contribution in [2.45, 2.75) is 39.8 Å². The van der Waals surface area contributed by atoms with Crippen LogP contribution >= 0.6 is 0 Å². The van der Waals surface area contributed by atoms with Gasteiger partial charge in [-0.2, -0.15) is 0 Å². The van der Waals surface area contributed by atoms with Gasteiger partial charge in [0.2, 0.25) is 0 Å². The zero-order chi connectivity index (χ0) is 13.8. The van der Waals surface area contributed by atoms with Crippen LogP contribution in [-0.4, -0.2) is 31.6 Å². The molecule has 0 spiro atoms. The number of nitrogens with one attached hydrogen (secondary N) is 1. The second kappa shape index (κ2) is 6.40. The van der Waals surface area contributed by atoms with Gasteiger partial charge in [-0.25, -0.2) is 0 Å². The molecule has 1 aromatic rings. The lowest BCUT2D eigenvalue weighted by Crippen LogP contribution is -2.33. The van der Waals surface area contributed by atoms with Crippen molar-refractivity contribution < 1.29 is 4.74 Å². The highest BCUT2D eigenvalue weighted by atomic mass is 16.5. The fourth-order valence-electron chi connectivity index (χ4n) is 3.00. The van der Waals surface area contributed by atoms with Crippen LogP contribution in [0.4, 0.5) is 0 Å². The van der Waals surface area contributed by atoms with Crippen LogP contribution in [0.1, 0.15) is 43.5 Å². The van der Waals surface area contributed by atoms with Crippen molar-refractivity contribution >= 4 is 0 Å². The third-order valence-electron chi connectivity index (χ3n) is 4.06. The second-order valence-corrected chi connectivity index (χ2v) is 5.18. The molecular weight excluding hydrogens is 236 g/mol. The first-order valence-corrected chi connectivity index (χ1v) is 7.38. The molecule has 2 rings (SSSR count). The van der Waals surface area contributed by atoms with Gasteiger partial charge in [0, 0.05) is 24.7 Å². The van der Waals surface area contributed by atoms with Crippen LogP contribution in [0.5, 0.6) is 5.75 Å². The molecule has 0 saturated heterocycles. The van der Waals surface area contributed by atoms with Crippen LogP contribution in [0, 0.1) is 0 Å². The van der Waals surface area contributed by atoms with Crippen molar-refractivity contribution in [1.29, 1.82) is 0 Å². The monoisotopic (exact) mass is 262 g/mol. The topological polar surface area (TPSA) is 24.5 Å². The molecule has 1 aromatic carbocycles. The predicted molar refractivity (Wildman–Crippen MR) is 79.7 cm³/mol. The Bertz CT molecular complexity index is 431. The summed E-state index contributed by atoms with van der Waals surface area (Å²) in [7, 11) is 1.98. The van der Waals surface area contributed by atoms with E-state index in [0.717, 1.165) is 38.4 Å². The first-order valence-electron chi connectivity index (χ1n) is 7.38. The minimum atomic E-state index is 0.497. The normalized spacial score (nSPS) is 19.3. The minimum absolute atomic E-state index is 0.497. The Morgan fingerprint density at radius 3 is 2.79 bits per heavy atom. The van der Waals surface area contributed by atoms with Gasteiger partial charge >= 0.3 is 0 Å². The Hall–Kier alpha value is -1.06. The number of ether oxygens (including phenoxy) is 1. The third-order valence-corrected chi connectivity index (χ3v) is 4.06. The highest BCUT2D eigenvalue weighted by Crippen LogP contribution is 2.34. The van der Waals surface area contributed by atoms with E-state index in [2.05, 4.69) is 36.2 Å². The van der Waals surface area contributed by atoms with E-state index in [1.165, 1.54) is 16.7 Å². The number of hydrogen-bond acceptors (Lipinski definition) is 3. The summed E-state index contributed by atoms with van der Waals surface area (Å²) >= 11 is 0. The van der Waals surface area contributed by atoms with Crippen LogP contribution in [-0.2, 0) is 13.0 Å². The standard InChI is InChI=1S/C16H26N2O/c1-5-18-8-7-13-9-14(11-17-4)16(19-6-2)10-15(13)12(18)3/h9-10,12,17H,5-8,11H2,1-4H3. The molecule has 3 nitrogen and oxygen atoms in total. The van der Waals surface area contributed by atoms with E-state index in [4.69, 9.17) is 4.74 Å². The van der Waals surface area contributed by atoms with E-state index in [1.54, 1.807) is 0 Å². The van der Waals surface area contributed by atoms with Crippen molar-refractivity contribution in [3.8, 4) is 5.75 Å².